The van der Waals surface area contributed by atoms with Crippen LogP contribution in [-0.4, -0.2) is 189 Å². The molecule has 12 rings (SSSR count). The molecule has 4 amide bonds. The highest BCUT2D eigenvalue weighted by molar-refractivity contribution is 6.69. The lowest BCUT2D eigenvalue weighted by atomic mass is 9.69. The summed E-state index contributed by atoms with van der Waals surface area (Å²) >= 11 is 27.3. The molecule has 4 aliphatic rings. The van der Waals surface area contributed by atoms with E-state index in [0.29, 0.717) is 45.6 Å². The number of hydrazone groups is 2. The number of Topliss-reactive ketones (excluding diaryl/α,β-unsaturated/α-hetero) is 2. The Hall–Kier alpha value is -12.8. The number of nitro groups is 1. The summed E-state index contributed by atoms with van der Waals surface area (Å²) in [5.74, 6) is -3.99. The number of carbonyl (C=O) groups is 8. The van der Waals surface area contributed by atoms with E-state index >= 15 is 0 Å². The predicted octanol–water partition coefficient (Wildman–Crippen LogP) is 24.1. The number of aromatic hydroxyl groups is 2. The summed E-state index contributed by atoms with van der Waals surface area (Å²) in [5, 5.41) is 80.0. The Kier molecular flexibility index (Phi) is 49.0. The molecule has 770 valence electrons. The van der Waals surface area contributed by atoms with Gasteiger partial charge >= 0.3 is 11.9 Å². The number of unbranched alkanes of at least 4 members (excludes halogenated alkanes) is 12. The van der Waals surface area contributed by atoms with Crippen molar-refractivity contribution in [3.63, 3.8) is 0 Å². The number of nitriles is 1. The normalized spacial score (nSPS) is 14.0. The van der Waals surface area contributed by atoms with E-state index in [1.165, 1.54) is 86.9 Å². The van der Waals surface area contributed by atoms with Gasteiger partial charge in [0.15, 0.2) is 11.9 Å². The molecule has 1 aliphatic carbocycles. The van der Waals surface area contributed by atoms with E-state index in [4.69, 9.17) is 77.5 Å². The average molecular weight is 2070 g/mol. The molecule has 0 saturated heterocycles. The number of hydrogen-bond acceptors (Lipinski definition) is 26. The quantitative estimate of drug-likeness (QED) is 0.00293. The largest absolute Gasteiger partial charge is 0.508 e. The molecule has 0 spiro atoms. The van der Waals surface area contributed by atoms with Crippen molar-refractivity contribution in [2.45, 2.75) is 202 Å². The Bertz CT molecular complexity index is 5640. The van der Waals surface area contributed by atoms with Crippen molar-refractivity contribution in [3.8, 4) is 29.1 Å². The van der Waals surface area contributed by atoms with Gasteiger partial charge in [-0.15, -0.1) is 0 Å². The number of aliphatic hydroxyl groups excluding tert-OH is 3. The van der Waals surface area contributed by atoms with Gasteiger partial charge < -0.3 is 64.3 Å². The number of esters is 2. The molecule has 2 atom stereocenters. The number of hydrogen-bond donors (Lipinski definition) is 5. The number of non-ortho nitro benzene ring substituents is 1. The summed E-state index contributed by atoms with van der Waals surface area (Å²) in [4.78, 5) is 110. The minimum atomic E-state index is -1.42. The molecule has 34 heteroatoms. The molecule has 8 aromatic rings. The third-order valence-corrected chi connectivity index (χ3v) is 24.0. The number of ketones is 2. The Morgan fingerprint density at radius 2 is 0.888 bits per heavy atom. The van der Waals surface area contributed by atoms with E-state index in [1.54, 1.807) is 121 Å². The van der Waals surface area contributed by atoms with Crippen LogP contribution in [0.2, 0.25) is 5.02 Å². The van der Waals surface area contributed by atoms with Crippen molar-refractivity contribution in [1.29, 1.82) is 5.26 Å². The molecule has 29 nitrogen and oxygen atoms in total. The number of anilines is 4. The number of imide groups is 2. The van der Waals surface area contributed by atoms with Gasteiger partial charge in [0.05, 0.1) is 71.3 Å². The van der Waals surface area contributed by atoms with Crippen LogP contribution in [0.25, 0.3) is 0 Å². The van der Waals surface area contributed by atoms with Gasteiger partial charge in [0.2, 0.25) is 17.3 Å². The SMILES string of the molecule is CC(C)(C)CC(C)(C)c1cc(O)c(C(C)(C)CC(C)(C)C)cc1O.CCCCCCCCCCCCCCCC(=O)OC[C@H](O)[C@H]1OC(=O)C(O)=C1O.CN(C)N=Cc1ccc(N(C)C)cc1.CN(C)N=Cc1ccc(N(C)CC#N)cc1.COc1ccc(OC)cc1.O=C1C(Cl)=C(Cl)C(=O)C(Cl)=C1Cl.O=C1c2ccc([N+](=O)[O-])cc2C(=O)N1c1ccccc1.O=C1c2ccccc2C(=O)N1c1ccc(Cl)cc1. The van der Waals surface area contributed by atoms with Crippen LogP contribution in [-0.2, 0) is 39.5 Å². The predicted molar refractivity (Wildman–Crippen MR) is 569 cm³/mol. The van der Waals surface area contributed by atoms with Crippen molar-refractivity contribution < 1.29 is 87.8 Å². The number of allylic oxidation sites excluding steroid dienone is 4. The topological polar surface area (TPSA) is 386 Å². The van der Waals surface area contributed by atoms with Crippen molar-refractivity contribution in [1.82, 2.24) is 10.0 Å². The van der Waals surface area contributed by atoms with Crippen molar-refractivity contribution in [3.05, 3.63) is 273 Å². The van der Waals surface area contributed by atoms with Crippen LogP contribution in [0, 0.1) is 32.3 Å². The number of phenols is 2. The van der Waals surface area contributed by atoms with Crippen LogP contribution in [0.3, 0.4) is 0 Å². The number of carbonyl (C=O) groups excluding carboxylic acids is 8. The van der Waals surface area contributed by atoms with E-state index in [2.05, 4.69) is 126 Å². The van der Waals surface area contributed by atoms with Crippen LogP contribution in [0.4, 0.5) is 28.4 Å². The van der Waals surface area contributed by atoms with Crippen LogP contribution >= 0.6 is 58.0 Å². The smallest absolute Gasteiger partial charge is 0.377 e. The van der Waals surface area contributed by atoms with E-state index < -0.39 is 90.7 Å². The van der Waals surface area contributed by atoms with E-state index in [-0.39, 0.29) is 56.7 Å². The molecule has 0 saturated carbocycles. The molecular weight excluding hydrogens is 1930 g/mol. The summed E-state index contributed by atoms with van der Waals surface area (Å²) in [6.45, 7) is 24.0. The third-order valence-electron chi connectivity index (χ3n) is 22.1. The number of methoxy groups -OCH3 is 2. The molecule has 0 unspecified atom stereocenters. The molecule has 3 heterocycles. The second-order valence-electron chi connectivity index (χ2n) is 38.2. The van der Waals surface area contributed by atoms with Crippen molar-refractivity contribution in [2.24, 2.45) is 21.0 Å². The number of para-hydroxylation sites is 1. The van der Waals surface area contributed by atoms with E-state index in [0.717, 1.165) is 82.5 Å². The zero-order chi connectivity index (χ0) is 107. The first-order chi connectivity index (χ1) is 67.2. The fraction of sp³-hybridized carbons (Fsp3) is 0.404. The van der Waals surface area contributed by atoms with E-state index in [9.17, 15) is 74.0 Å². The van der Waals surface area contributed by atoms with Crippen molar-refractivity contribution >= 4 is 146 Å². The minimum Gasteiger partial charge on any atom is -0.508 e. The summed E-state index contributed by atoms with van der Waals surface area (Å²) in [5.41, 5.74) is 7.84. The Morgan fingerprint density at radius 1 is 0.510 bits per heavy atom. The number of amides is 4. The lowest BCUT2D eigenvalue weighted by Gasteiger charge is -2.36. The number of nitro benzene ring substituents is 1. The zero-order valence-electron chi connectivity index (χ0n) is 85.2. The van der Waals surface area contributed by atoms with Crippen LogP contribution in [0.15, 0.2) is 224 Å². The van der Waals surface area contributed by atoms with E-state index in [1.807, 2.05) is 109 Å². The fourth-order valence-corrected chi connectivity index (χ4v) is 16.5. The number of benzene rings is 8. The number of phenolic OH excluding ortho intramolecular Hbond substituents is 2. The molecule has 0 aromatic heterocycles. The standard InChI is InChI=1S/C22H38O7.C22H38O2.C14H8ClNO2.C14H8N2O4.C12H16N4.C11H17N3.C8H10O2.C6Cl4O2/c1-2-3-4-5-6-7-8-9-10-11-12-13-14-15-18(24)28-16-17(23)21-19(25)20(26)22(27)29-21;1-19(2,3)13-21(7,8)15-11-18(24)16(12-17(15)23)22(9,10)14-20(4,5)6;15-9-5-7-10(8-6-9)16-13(17)11-3-1-2-4-12(11)14(16)18;17-13-11-7-6-10(16(19)20)8-12(11)14(18)15(13)9-4-2-1-3-5-9;1-15(2)14-10-11-4-6-12(7-5-11)16(3)9-8-13;1-13(2)11-7-5-10(6-8-11)9-12-14(3)4;1-9-7-3-5-8(10-2)6-4-7;7-1-2(8)6(12)4(10)3(9)5(1)11/h17,21,23,25-26H,2-16H2,1H3;11-12,23-24H,13-14H2,1-10H3;1-8H;1-8H;4-7,10H,9H2,1-3H3;5-9H,1-4H3;3-6H,1-2H3;/t17-,21+;;;;;;;/m0......./s1. The zero-order valence-corrected chi connectivity index (χ0v) is 89.0. The van der Waals surface area contributed by atoms with Gasteiger partial charge in [-0.3, -0.25) is 43.7 Å². The molecule has 0 bridgehead atoms. The summed E-state index contributed by atoms with van der Waals surface area (Å²) < 4.78 is 19.5. The highest BCUT2D eigenvalue weighted by Gasteiger charge is 2.42. The maximum atomic E-state index is 12.3. The first kappa shape index (κ1) is 121. The second-order valence-corrected chi connectivity index (χ2v) is 40.2. The highest BCUT2D eigenvalue weighted by atomic mass is 35.5. The number of aliphatic hydroxyl groups is 3. The van der Waals surface area contributed by atoms with Gasteiger partial charge in [0, 0.05) is 95.4 Å². The fourth-order valence-electron chi connectivity index (χ4n) is 15.6. The number of ether oxygens (including phenoxy) is 4. The Morgan fingerprint density at radius 3 is 1.25 bits per heavy atom. The van der Waals surface area contributed by atoms with Crippen LogP contribution in [0.1, 0.15) is 243 Å². The monoisotopic (exact) mass is 2060 g/mol. The van der Waals surface area contributed by atoms with Gasteiger partial charge in [-0.2, -0.15) is 15.5 Å². The maximum Gasteiger partial charge on any atom is 0.377 e. The number of nitrogens with zero attached hydrogens (tertiary/aromatic N) is 10. The number of cyclic esters (lactones) is 1. The Balaban J connectivity index is 0.000000293. The van der Waals surface area contributed by atoms with Gasteiger partial charge in [-0.25, -0.2) is 14.6 Å². The highest BCUT2D eigenvalue weighted by Crippen LogP contribution is 2.47. The first-order valence-corrected chi connectivity index (χ1v) is 48.6. The summed E-state index contributed by atoms with van der Waals surface area (Å²) in [7, 11) is 16.8. The van der Waals surface area contributed by atoms with Gasteiger partial charge in [-0.05, 0) is 167 Å². The minimum absolute atomic E-state index is 0.0630. The molecule has 3 aliphatic heterocycles. The Labute approximate surface area is 865 Å². The average Bonchev–Trinajstić information content (AvgIpc) is 1.77. The lowest BCUT2D eigenvalue weighted by molar-refractivity contribution is -0.384. The molecule has 8 aromatic carbocycles. The first-order valence-electron chi connectivity index (χ1n) is 46.7. The van der Waals surface area contributed by atoms with Gasteiger partial charge in [0.25, 0.3) is 29.3 Å². The molecule has 0 radical (unpaired) electrons. The van der Waals surface area contributed by atoms with Crippen LogP contribution in [0.5, 0.6) is 23.0 Å². The van der Waals surface area contributed by atoms with Crippen molar-refractivity contribution in [2.75, 3.05) is 96.3 Å². The number of fused-ring (bicyclic) bond motifs is 2. The molecule has 5 N–H and O–H groups in total. The maximum absolute atomic E-state index is 12.3. The van der Waals surface area contributed by atoms with Crippen LogP contribution < -0.4 is 29.1 Å². The number of rotatable bonds is 33. The van der Waals surface area contributed by atoms with Gasteiger partial charge in [0.1, 0.15) is 62.4 Å². The summed E-state index contributed by atoms with van der Waals surface area (Å²) in [6.07, 6.45) is 18.9. The summed E-state index contributed by atoms with van der Waals surface area (Å²) in [6, 6.07) is 54.9. The number of halogens is 5. The molecular formula is C109H135Cl5N10O19. The lowest BCUT2D eigenvalue weighted by Crippen LogP contribution is -2.33. The second kappa shape index (κ2) is 58.1. The molecule has 143 heavy (non-hydrogen) atoms. The van der Waals surface area contributed by atoms with Gasteiger partial charge in [-0.1, -0.05) is 266 Å². The third kappa shape index (κ3) is 38.8. The molecule has 0 fully saturated rings.